The van der Waals surface area contributed by atoms with Crippen LogP contribution in [0.15, 0.2) is 58.7 Å². The Bertz CT molecular complexity index is 1720. The molecular weight excluding hydrogens is 463 g/mol. The van der Waals surface area contributed by atoms with Gasteiger partial charge in [-0.25, -0.2) is 22.3 Å². The lowest BCUT2D eigenvalue weighted by molar-refractivity contribution is 0.0997. The van der Waals surface area contributed by atoms with Crippen molar-refractivity contribution in [2.45, 2.75) is 23.9 Å². The molecule has 0 spiro atoms. The smallest absolute Gasteiger partial charge is 0.274 e. The van der Waals surface area contributed by atoms with E-state index >= 15 is 0 Å². The van der Waals surface area contributed by atoms with E-state index in [4.69, 9.17) is 10.5 Å². The minimum absolute atomic E-state index is 0.0913. The van der Waals surface area contributed by atoms with Gasteiger partial charge in [0.2, 0.25) is 9.84 Å². The summed E-state index contributed by atoms with van der Waals surface area (Å²) in [5.41, 5.74) is 7.01. The van der Waals surface area contributed by atoms with Crippen LogP contribution in [0.3, 0.4) is 0 Å². The molecule has 0 atom stereocenters. The number of aryl methyl sites for hydroxylation is 2. The molecule has 0 saturated heterocycles. The summed E-state index contributed by atoms with van der Waals surface area (Å²) in [5, 5.41) is 4.15. The number of nitrogens with two attached hydrogens (primary N) is 1. The summed E-state index contributed by atoms with van der Waals surface area (Å²) in [6.07, 6.45) is 1.62. The lowest BCUT2D eigenvalue weighted by atomic mass is 10.2. The highest BCUT2D eigenvalue weighted by Crippen LogP contribution is 2.37. The second-order valence-corrected chi connectivity index (χ2v) is 9.41. The number of H-pyrrole nitrogens is 1. The molecule has 5 rings (SSSR count). The van der Waals surface area contributed by atoms with Crippen LogP contribution in [-0.2, 0) is 9.84 Å². The normalized spacial score (nSPS) is 11.9. The number of hydrogen-bond acceptors (Lipinski definition) is 7. The minimum atomic E-state index is -4.43. The predicted octanol–water partition coefficient (Wildman–Crippen LogP) is 3.09. The van der Waals surface area contributed by atoms with Crippen molar-refractivity contribution in [1.29, 1.82) is 0 Å². The number of sulfone groups is 1. The van der Waals surface area contributed by atoms with Gasteiger partial charge in [0.15, 0.2) is 17.3 Å². The van der Waals surface area contributed by atoms with Gasteiger partial charge < -0.3 is 15.5 Å². The highest BCUT2D eigenvalue weighted by molar-refractivity contribution is 7.91. The number of aromatic nitrogens is 5. The van der Waals surface area contributed by atoms with Gasteiger partial charge in [-0.15, -0.1) is 5.10 Å². The Kier molecular flexibility index (Phi) is 4.83. The van der Waals surface area contributed by atoms with E-state index in [1.165, 1.54) is 34.8 Å². The van der Waals surface area contributed by atoms with Crippen LogP contribution in [0.2, 0.25) is 0 Å². The van der Waals surface area contributed by atoms with Crippen molar-refractivity contribution in [3.05, 3.63) is 71.4 Å². The number of nitrogens with one attached hydrogen (secondary N) is 1. The first-order valence-corrected chi connectivity index (χ1v) is 11.5. The monoisotopic (exact) mass is 480 g/mol. The van der Waals surface area contributed by atoms with E-state index in [9.17, 15) is 17.6 Å². The fourth-order valence-electron chi connectivity index (χ4n) is 3.63. The third kappa shape index (κ3) is 3.44. The highest BCUT2D eigenvalue weighted by Gasteiger charge is 2.31. The first-order valence-electron chi connectivity index (χ1n) is 9.98. The average molecular weight is 480 g/mol. The lowest BCUT2D eigenvalue weighted by Crippen LogP contribution is -2.15. The van der Waals surface area contributed by atoms with E-state index < -0.39 is 37.4 Å². The molecule has 0 saturated carbocycles. The zero-order valence-corrected chi connectivity index (χ0v) is 18.7. The van der Waals surface area contributed by atoms with Crippen LogP contribution in [-0.4, -0.2) is 38.9 Å². The Morgan fingerprint density at radius 2 is 1.94 bits per heavy atom. The molecule has 0 radical (unpaired) electrons. The van der Waals surface area contributed by atoms with Crippen LogP contribution in [0.4, 0.5) is 4.39 Å². The van der Waals surface area contributed by atoms with Crippen molar-refractivity contribution in [2.75, 3.05) is 0 Å². The van der Waals surface area contributed by atoms with Crippen LogP contribution < -0.4 is 10.5 Å². The standard InChI is InChI=1S/C22H17FN6O4S/c1-11-8-12(2)29-21(26-11)27-22(28-29)34(31,32)18-5-3-4-14(20(24)30)19(18)33-17-9-13-6-7-25-16(13)10-15(17)23/h3-10,25H,1-2H3,(H2,24,30). The van der Waals surface area contributed by atoms with Crippen molar-refractivity contribution in [3.63, 3.8) is 0 Å². The predicted molar refractivity (Wildman–Crippen MR) is 119 cm³/mol. The molecule has 0 unspecified atom stereocenters. The SMILES string of the molecule is Cc1cc(C)n2nc(S(=O)(=O)c3cccc(C(N)=O)c3Oc3cc4cc[nH]c4cc3F)nc2n1. The number of rotatable bonds is 5. The van der Waals surface area contributed by atoms with Gasteiger partial charge in [0, 0.05) is 34.6 Å². The third-order valence-electron chi connectivity index (χ3n) is 5.19. The molecule has 0 aliphatic carbocycles. The van der Waals surface area contributed by atoms with Crippen molar-refractivity contribution in [1.82, 2.24) is 24.6 Å². The fourth-order valence-corrected chi connectivity index (χ4v) is 4.87. The quantitative estimate of drug-likeness (QED) is 0.393. The van der Waals surface area contributed by atoms with Gasteiger partial charge in [-0.3, -0.25) is 4.79 Å². The molecule has 12 heteroatoms. The summed E-state index contributed by atoms with van der Waals surface area (Å²) < 4.78 is 48.8. The number of hydrogen-bond donors (Lipinski definition) is 2. The Morgan fingerprint density at radius 3 is 2.71 bits per heavy atom. The molecule has 0 aliphatic rings. The first-order chi connectivity index (χ1) is 16.1. The molecule has 3 heterocycles. The van der Waals surface area contributed by atoms with E-state index in [1.54, 1.807) is 32.2 Å². The van der Waals surface area contributed by atoms with E-state index in [-0.39, 0.29) is 17.1 Å². The summed E-state index contributed by atoms with van der Waals surface area (Å²) in [7, 11) is -4.43. The van der Waals surface area contributed by atoms with Gasteiger partial charge >= 0.3 is 0 Å². The molecule has 5 aromatic rings. The maximum Gasteiger partial charge on any atom is 0.274 e. The van der Waals surface area contributed by atoms with Gasteiger partial charge in [-0.2, -0.15) is 4.98 Å². The molecule has 10 nitrogen and oxygen atoms in total. The number of benzene rings is 2. The number of carbonyl (C=O) groups excluding carboxylic acids is 1. The van der Waals surface area contributed by atoms with E-state index in [2.05, 4.69) is 20.1 Å². The molecule has 1 amide bonds. The zero-order chi connectivity index (χ0) is 24.2. The Labute approximate surface area is 192 Å². The minimum Gasteiger partial charge on any atom is -0.452 e. The number of aromatic amines is 1. The number of halogens is 1. The topological polar surface area (TPSA) is 145 Å². The fraction of sp³-hybridized carbons (Fsp3) is 0.0909. The molecule has 0 fully saturated rings. The Balaban J connectivity index is 1.70. The van der Waals surface area contributed by atoms with Gasteiger partial charge in [0.1, 0.15) is 4.90 Å². The van der Waals surface area contributed by atoms with Crippen molar-refractivity contribution in [3.8, 4) is 11.5 Å². The molecule has 172 valence electrons. The summed E-state index contributed by atoms with van der Waals surface area (Å²) in [6, 6.07) is 9.82. The number of para-hydroxylation sites is 1. The van der Waals surface area contributed by atoms with Crippen LogP contribution in [0.25, 0.3) is 16.7 Å². The van der Waals surface area contributed by atoms with E-state index in [0.717, 1.165) is 0 Å². The third-order valence-corrected chi connectivity index (χ3v) is 6.75. The lowest BCUT2D eigenvalue weighted by Gasteiger charge is -2.14. The van der Waals surface area contributed by atoms with E-state index in [1.807, 2.05) is 0 Å². The summed E-state index contributed by atoms with van der Waals surface area (Å²) in [4.78, 5) is 22.8. The Hall–Kier alpha value is -4.32. The molecule has 34 heavy (non-hydrogen) atoms. The summed E-state index contributed by atoms with van der Waals surface area (Å²) >= 11 is 0. The van der Waals surface area contributed by atoms with Crippen molar-refractivity contribution < 1.29 is 22.3 Å². The molecule has 2 aromatic carbocycles. The maximum absolute atomic E-state index is 14.7. The number of fused-ring (bicyclic) bond motifs is 2. The van der Waals surface area contributed by atoms with Gasteiger partial charge in [-0.05, 0) is 44.2 Å². The van der Waals surface area contributed by atoms with Crippen LogP contribution >= 0.6 is 0 Å². The highest BCUT2D eigenvalue weighted by atomic mass is 32.2. The molecular formula is C22H17FN6O4S. The first kappa shape index (κ1) is 21.5. The number of nitrogens with zero attached hydrogens (tertiary/aromatic N) is 4. The average Bonchev–Trinajstić information content (AvgIpc) is 3.41. The summed E-state index contributed by atoms with van der Waals surface area (Å²) in [6.45, 7) is 3.48. The number of ether oxygens (including phenoxy) is 1. The number of primary amides is 1. The van der Waals surface area contributed by atoms with Gasteiger partial charge in [-0.1, -0.05) is 6.07 Å². The van der Waals surface area contributed by atoms with Crippen molar-refractivity contribution in [2.24, 2.45) is 5.73 Å². The van der Waals surface area contributed by atoms with E-state index in [0.29, 0.717) is 22.3 Å². The zero-order valence-electron chi connectivity index (χ0n) is 17.9. The van der Waals surface area contributed by atoms with Gasteiger partial charge in [0.05, 0.1) is 5.56 Å². The van der Waals surface area contributed by atoms with Crippen molar-refractivity contribution >= 4 is 32.4 Å². The van der Waals surface area contributed by atoms with Crippen LogP contribution in [0.1, 0.15) is 21.7 Å². The Morgan fingerprint density at radius 1 is 1.15 bits per heavy atom. The number of carbonyl (C=O) groups is 1. The van der Waals surface area contributed by atoms with Gasteiger partial charge in [0.25, 0.3) is 16.8 Å². The summed E-state index contributed by atoms with van der Waals surface area (Å²) in [5.74, 6) is -2.34. The van der Waals surface area contributed by atoms with Crippen LogP contribution in [0, 0.1) is 19.7 Å². The second-order valence-electron chi connectivity index (χ2n) is 7.60. The van der Waals surface area contributed by atoms with Crippen LogP contribution in [0.5, 0.6) is 11.5 Å². The number of amides is 1. The molecule has 3 aromatic heterocycles. The second kappa shape index (κ2) is 7.63. The maximum atomic E-state index is 14.7. The molecule has 3 N–H and O–H groups in total. The largest absolute Gasteiger partial charge is 0.452 e. The molecule has 0 aliphatic heterocycles. The molecule has 0 bridgehead atoms.